The van der Waals surface area contributed by atoms with Crippen molar-refractivity contribution >= 4 is 17.6 Å². The van der Waals surface area contributed by atoms with Gasteiger partial charge in [0.25, 0.3) is 5.89 Å². The van der Waals surface area contributed by atoms with Gasteiger partial charge in [0, 0.05) is 24.9 Å². The summed E-state index contributed by atoms with van der Waals surface area (Å²) in [6.45, 7) is 6.72. The lowest BCUT2D eigenvalue weighted by Crippen LogP contribution is -2.46. The number of nitrogens with zero attached hydrogens (tertiary/aromatic N) is 4. The zero-order valence-corrected chi connectivity index (χ0v) is 18.8. The van der Waals surface area contributed by atoms with E-state index in [0.29, 0.717) is 31.4 Å². The summed E-state index contributed by atoms with van der Waals surface area (Å²) >= 11 is 0. The standard InChI is InChI=1S/C21H32FN5O5/c1-21(2,3)20-25-24-19(32-20)18(31)15-8-14(22)11-27(15)16(29)10-23-9-13-4-6-26(7-5-13)17(30)12-28/h13-15,23,28H,4-12H2,1-3H3/t14-,15?/m0/s1. The predicted molar refractivity (Wildman–Crippen MR) is 112 cm³/mol. The van der Waals surface area contributed by atoms with Crippen LogP contribution in [-0.4, -0.2) is 94.2 Å². The van der Waals surface area contributed by atoms with Gasteiger partial charge >= 0.3 is 0 Å². The molecule has 2 atom stereocenters. The second-order valence-corrected chi connectivity index (χ2v) is 9.53. The Bertz CT molecular complexity index is 831. The molecule has 0 bridgehead atoms. The van der Waals surface area contributed by atoms with Crippen molar-refractivity contribution in [2.75, 3.05) is 39.3 Å². The Kier molecular flexibility index (Phi) is 7.60. The van der Waals surface area contributed by atoms with Crippen LogP contribution in [0.3, 0.4) is 0 Å². The molecule has 0 radical (unpaired) electrons. The zero-order chi connectivity index (χ0) is 23.5. The van der Waals surface area contributed by atoms with Gasteiger partial charge in [-0.05, 0) is 25.3 Å². The van der Waals surface area contributed by atoms with Crippen molar-refractivity contribution < 1.29 is 28.3 Å². The number of aliphatic hydroxyl groups is 1. The van der Waals surface area contributed by atoms with E-state index in [2.05, 4.69) is 15.5 Å². The molecule has 11 heteroatoms. The largest absolute Gasteiger partial charge is 0.418 e. The van der Waals surface area contributed by atoms with E-state index in [-0.39, 0.29) is 37.2 Å². The van der Waals surface area contributed by atoms with Crippen molar-refractivity contribution in [2.24, 2.45) is 5.92 Å². The van der Waals surface area contributed by atoms with Gasteiger partial charge in [-0.1, -0.05) is 20.8 Å². The van der Waals surface area contributed by atoms with Crippen LogP contribution in [-0.2, 0) is 15.0 Å². The molecule has 2 aliphatic heterocycles. The first-order valence-corrected chi connectivity index (χ1v) is 11.0. The fourth-order valence-electron chi connectivity index (χ4n) is 4.05. The number of aromatic nitrogens is 2. The molecule has 0 spiro atoms. The Morgan fingerprint density at radius 2 is 1.88 bits per heavy atom. The van der Waals surface area contributed by atoms with Crippen LogP contribution < -0.4 is 5.32 Å². The molecule has 2 saturated heterocycles. The number of ketones is 1. The number of Topliss-reactive ketones (excluding diaryl/α,β-unsaturated/α-hetero) is 1. The van der Waals surface area contributed by atoms with Gasteiger partial charge in [-0.3, -0.25) is 14.4 Å². The lowest BCUT2D eigenvalue weighted by molar-refractivity contribution is -0.135. The molecule has 10 nitrogen and oxygen atoms in total. The van der Waals surface area contributed by atoms with Crippen LogP contribution in [0, 0.1) is 5.92 Å². The minimum atomic E-state index is -1.29. The highest BCUT2D eigenvalue weighted by molar-refractivity contribution is 5.99. The van der Waals surface area contributed by atoms with Gasteiger partial charge in [-0.25, -0.2) is 4.39 Å². The van der Waals surface area contributed by atoms with Crippen LogP contribution >= 0.6 is 0 Å². The lowest BCUT2D eigenvalue weighted by atomic mass is 9.97. The number of hydrogen-bond acceptors (Lipinski definition) is 8. The maximum absolute atomic E-state index is 14.1. The normalized spacial score (nSPS) is 22.4. The summed E-state index contributed by atoms with van der Waals surface area (Å²) in [6, 6.07) is -0.958. The number of halogens is 1. The third-order valence-corrected chi connectivity index (χ3v) is 5.96. The number of aliphatic hydroxyl groups excluding tert-OH is 1. The number of amides is 2. The minimum absolute atomic E-state index is 0.0106. The third-order valence-electron chi connectivity index (χ3n) is 5.96. The topological polar surface area (TPSA) is 129 Å². The minimum Gasteiger partial charge on any atom is -0.418 e. The first-order chi connectivity index (χ1) is 15.1. The summed E-state index contributed by atoms with van der Waals surface area (Å²) in [7, 11) is 0. The molecule has 178 valence electrons. The maximum atomic E-state index is 14.1. The molecule has 3 heterocycles. The van der Waals surface area contributed by atoms with Crippen molar-refractivity contribution in [1.82, 2.24) is 25.3 Å². The molecule has 0 aromatic carbocycles. The molecule has 2 fully saturated rings. The lowest BCUT2D eigenvalue weighted by Gasteiger charge is -2.32. The second-order valence-electron chi connectivity index (χ2n) is 9.53. The Balaban J connectivity index is 1.51. The van der Waals surface area contributed by atoms with Crippen LogP contribution in [0.25, 0.3) is 0 Å². The molecule has 2 aliphatic rings. The molecular formula is C21H32FN5O5. The fraction of sp³-hybridized carbons (Fsp3) is 0.762. The van der Waals surface area contributed by atoms with E-state index in [9.17, 15) is 18.8 Å². The summed E-state index contributed by atoms with van der Waals surface area (Å²) in [4.78, 5) is 40.0. The first-order valence-electron chi connectivity index (χ1n) is 11.0. The Hall–Kier alpha value is -2.40. The van der Waals surface area contributed by atoms with E-state index >= 15 is 0 Å². The molecule has 1 unspecified atom stereocenters. The maximum Gasteiger partial charge on any atom is 0.286 e. The van der Waals surface area contributed by atoms with Crippen LogP contribution in [0.15, 0.2) is 4.42 Å². The molecule has 2 N–H and O–H groups in total. The molecule has 32 heavy (non-hydrogen) atoms. The summed E-state index contributed by atoms with van der Waals surface area (Å²) in [5, 5.41) is 19.8. The van der Waals surface area contributed by atoms with Crippen LogP contribution in [0.5, 0.6) is 0 Å². The van der Waals surface area contributed by atoms with E-state index in [1.165, 1.54) is 4.90 Å². The smallest absolute Gasteiger partial charge is 0.286 e. The molecule has 1 aromatic heterocycles. The van der Waals surface area contributed by atoms with Crippen molar-refractivity contribution in [3.63, 3.8) is 0 Å². The monoisotopic (exact) mass is 453 g/mol. The number of nitrogens with one attached hydrogen (secondary N) is 1. The summed E-state index contributed by atoms with van der Waals surface area (Å²) in [5.74, 6) is -0.766. The number of rotatable bonds is 7. The van der Waals surface area contributed by atoms with Gasteiger partial charge in [0.05, 0.1) is 13.1 Å². The number of hydrogen-bond donors (Lipinski definition) is 2. The van der Waals surface area contributed by atoms with E-state index in [1.807, 2.05) is 20.8 Å². The van der Waals surface area contributed by atoms with E-state index in [1.54, 1.807) is 4.90 Å². The van der Waals surface area contributed by atoms with Gasteiger partial charge < -0.3 is 24.6 Å². The number of carbonyl (C=O) groups is 3. The van der Waals surface area contributed by atoms with Crippen molar-refractivity contribution in [2.45, 2.75) is 57.7 Å². The van der Waals surface area contributed by atoms with Gasteiger partial charge in [0.15, 0.2) is 0 Å². The SMILES string of the molecule is CC(C)(C)c1nnc(C(=O)C2C[C@H](F)CN2C(=O)CNCC2CCN(C(=O)CO)CC2)o1. The third kappa shape index (κ3) is 5.69. The van der Waals surface area contributed by atoms with Crippen molar-refractivity contribution in [1.29, 1.82) is 0 Å². The zero-order valence-electron chi connectivity index (χ0n) is 18.8. The van der Waals surface area contributed by atoms with E-state index in [4.69, 9.17) is 9.52 Å². The molecule has 0 aliphatic carbocycles. The molecule has 0 saturated carbocycles. The highest BCUT2D eigenvalue weighted by atomic mass is 19.1. The van der Waals surface area contributed by atoms with Gasteiger partial charge in [-0.2, -0.15) is 0 Å². The second kappa shape index (κ2) is 10.0. The fourth-order valence-corrected chi connectivity index (χ4v) is 4.05. The van der Waals surface area contributed by atoms with E-state index < -0.39 is 30.0 Å². The molecule has 3 rings (SSSR count). The number of alkyl halides is 1. The molecule has 1 aromatic rings. The van der Waals surface area contributed by atoms with Crippen LogP contribution in [0.1, 0.15) is 56.6 Å². The number of carbonyl (C=O) groups excluding carboxylic acids is 3. The van der Waals surface area contributed by atoms with Gasteiger partial charge in [-0.15, -0.1) is 10.2 Å². The Morgan fingerprint density at radius 3 is 2.47 bits per heavy atom. The summed E-state index contributed by atoms with van der Waals surface area (Å²) in [6.07, 6.45) is 0.177. The molecular weight excluding hydrogens is 421 g/mol. The Morgan fingerprint density at radius 1 is 1.19 bits per heavy atom. The average Bonchev–Trinajstić information content (AvgIpc) is 3.40. The van der Waals surface area contributed by atoms with Gasteiger partial charge in [0.1, 0.15) is 18.8 Å². The van der Waals surface area contributed by atoms with Crippen LogP contribution in [0.2, 0.25) is 0 Å². The van der Waals surface area contributed by atoms with Gasteiger partial charge in [0.2, 0.25) is 23.5 Å². The highest BCUT2D eigenvalue weighted by Crippen LogP contribution is 2.26. The quantitative estimate of drug-likeness (QED) is 0.565. The Labute approximate surface area is 186 Å². The number of piperidine rings is 1. The molecule has 2 amide bonds. The summed E-state index contributed by atoms with van der Waals surface area (Å²) in [5.41, 5.74) is -0.426. The first kappa shape index (κ1) is 24.2. The van der Waals surface area contributed by atoms with E-state index in [0.717, 1.165) is 12.8 Å². The average molecular weight is 454 g/mol. The number of likely N-dealkylation sites (tertiary alicyclic amines) is 2. The summed E-state index contributed by atoms with van der Waals surface area (Å²) < 4.78 is 19.6. The van der Waals surface area contributed by atoms with Crippen LogP contribution in [0.4, 0.5) is 4.39 Å². The predicted octanol–water partition coefficient (Wildman–Crippen LogP) is 0.309. The van der Waals surface area contributed by atoms with Crippen molar-refractivity contribution in [3.8, 4) is 0 Å². The van der Waals surface area contributed by atoms with Crippen molar-refractivity contribution in [3.05, 3.63) is 11.8 Å². The highest BCUT2D eigenvalue weighted by Gasteiger charge is 2.42.